The molecular weight excluding hydrogens is 214 g/mol. The third-order valence-electron chi connectivity index (χ3n) is 2.66. The molecule has 0 aromatic carbocycles. The van der Waals surface area contributed by atoms with Crippen molar-refractivity contribution in [2.45, 2.75) is 20.3 Å². The van der Waals surface area contributed by atoms with E-state index in [1.807, 2.05) is 32.0 Å². The molecule has 0 amide bonds. The number of nitrogens with one attached hydrogen (secondary N) is 2. The fourth-order valence-corrected chi connectivity index (χ4v) is 1.65. The highest BCUT2D eigenvalue weighted by Crippen LogP contribution is 2.18. The summed E-state index contributed by atoms with van der Waals surface area (Å²) >= 11 is 0. The zero-order valence-corrected chi connectivity index (χ0v) is 9.95. The smallest absolute Gasteiger partial charge is 0.251 e. The van der Waals surface area contributed by atoms with Crippen LogP contribution < -0.4 is 10.9 Å². The van der Waals surface area contributed by atoms with Crippen LogP contribution in [-0.4, -0.2) is 9.97 Å². The summed E-state index contributed by atoms with van der Waals surface area (Å²) in [6.45, 7) is 3.85. The van der Waals surface area contributed by atoms with Crippen molar-refractivity contribution in [1.82, 2.24) is 9.97 Å². The average Bonchev–Trinajstić information content (AvgIpc) is 2.34. The predicted molar refractivity (Wildman–Crippen MR) is 68.7 cm³/mol. The van der Waals surface area contributed by atoms with E-state index in [1.165, 1.54) is 0 Å². The summed E-state index contributed by atoms with van der Waals surface area (Å²) in [6, 6.07) is 5.67. The van der Waals surface area contributed by atoms with E-state index in [4.69, 9.17) is 0 Å². The lowest BCUT2D eigenvalue weighted by Crippen LogP contribution is -2.14. The quantitative estimate of drug-likeness (QED) is 0.849. The molecule has 2 heterocycles. The minimum Gasteiger partial charge on any atom is -0.354 e. The van der Waals surface area contributed by atoms with Crippen LogP contribution in [0.3, 0.4) is 0 Å². The zero-order valence-electron chi connectivity index (χ0n) is 9.95. The van der Waals surface area contributed by atoms with Crippen molar-refractivity contribution in [3.8, 4) is 0 Å². The van der Waals surface area contributed by atoms with Crippen LogP contribution in [0, 0.1) is 6.92 Å². The van der Waals surface area contributed by atoms with Crippen LogP contribution in [0.1, 0.15) is 18.2 Å². The van der Waals surface area contributed by atoms with Gasteiger partial charge < -0.3 is 10.3 Å². The highest BCUT2D eigenvalue weighted by molar-refractivity contribution is 5.61. The molecule has 2 N–H and O–H groups in total. The van der Waals surface area contributed by atoms with E-state index in [0.717, 1.165) is 29.1 Å². The maximum Gasteiger partial charge on any atom is 0.251 e. The molecule has 4 heteroatoms. The van der Waals surface area contributed by atoms with Gasteiger partial charge in [-0.2, -0.15) is 0 Å². The fraction of sp³-hybridized carbons (Fsp3) is 0.231. The van der Waals surface area contributed by atoms with Crippen LogP contribution in [0.4, 0.5) is 11.4 Å². The van der Waals surface area contributed by atoms with E-state index in [-0.39, 0.29) is 5.56 Å². The molecule has 0 aliphatic heterocycles. The lowest BCUT2D eigenvalue weighted by Gasteiger charge is -2.10. The number of hydrogen-bond donors (Lipinski definition) is 2. The molecule has 2 aromatic rings. The van der Waals surface area contributed by atoms with Gasteiger partial charge in [0.05, 0.1) is 5.69 Å². The van der Waals surface area contributed by atoms with Crippen LogP contribution in [0.2, 0.25) is 0 Å². The molecule has 0 saturated carbocycles. The number of hydrogen-bond acceptors (Lipinski definition) is 3. The van der Waals surface area contributed by atoms with Gasteiger partial charge in [-0.05, 0) is 31.5 Å². The Bertz CT molecular complexity index is 561. The first-order valence-electron chi connectivity index (χ1n) is 5.60. The minimum absolute atomic E-state index is 0.00900. The summed E-state index contributed by atoms with van der Waals surface area (Å²) in [4.78, 5) is 18.4. The number of rotatable bonds is 3. The number of aromatic nitrogens is 2. The molecule has 0 fully saturated rings. The second-order valence-corrected chi connectivity index (χ2v) is 3.88. The lowest BCUT2D eigenvalue weighted by molar-refractivity contribution is 1.03. The summed E-state index contributed by atoms with van der Waals surface area (Å²) in [6.07, 6.45) is 4.18. The molecule has 2 aromatic heterocycles. The van der Waals surface area contributed by atoms with E-state index >= 15 is 0 Å². The van der Waals surface area contributed by atoms with Gasteiger partial charge in [-0.1, -0.05) is 6.92 Å². The standard InChI is InChI=1S/C13H15N3O/c1-3-10-8-12(9(2)15-13(10)17)16-11-4-6-14-7-5-11/h4-8H,3H2,1-2H3,(H,14,16)(H,15,17). The second kappa shape index (κ2) is 4.82. The normalized spacial score (nSPS) is 10.2. The van der Waals surface area contributed by atoms with Crippen LogP contribution in [0.5, 0.6) is 0 Å². The second-order valence-electron chi connectivity index (χ2n) is 3.88. The highest BCUT2D eigenvalue weighted by Gasteiger charge is 2.04. The predicted octanol–water partition coefficient (Wildman–Crippen LogP) is 2.38. The molecule has 2 rings (SSSR count). The topological polar surface area (TPSA) is 57.8 Å². The van der Waals surface area contributed by atoms with Gasteiger partial charge >= 0.3 is 0 Å². The van der Waals surface area contributed by atoms with Crippen LogP contribution >= 0.6 is 0 Å². The van der Waals surface area contributed by atoms with Crippen molar-refractivity contribution < 1.29 is 0 Å². The third kappa shape index (κ3) is 2.53. The maximum absolute atomic E-state index is 11.6. The highest BCUT2D eigenvalue weighted by atomic mass is 16.1. The van der Waals surface area contributed by atoms with E-state index in [2.05, 4.69) is 15.3 Å². The van der Waals surface area contributed by atoms with Crippen molar-refractivity contribution in [3.05, 3.63) is 52.2 Å². The molecule has 0 spiro atoms. The number of H-pyrrole nitrogens is 1. The molecule has 0 unspecified atom stereocenters. The monoisotopic (exact) mass is 229 g/mol. The van der Waals surface area contributed by atoms with Crippen molar-refractivity contribution in [3.63, 3.8) is 0 Å². The van der Waals surface area contributed by atoms with Gasteiger partial charge in [0.25, 0.3) is 5.56 Å². The van der Waals surface area contributed by atoms with Crippen LogP contribution in [0.25, 0.3) is 0 Å². The van der Waals surface area contributed by atoms with E-state index < -0.39 is 0 Å². The van der Waals surface area contributed by atoms with Crippen LogP contribution in [-0.2, 0) is 6.42 Å². The number of nitrogens with zero attached hydrogens (tertiary/aromatic N) is 1. The summed E-state index contributed by atoms with van der Waals surface area (Å²) in [5.74, 6) is 0. The van der Waals surface area contributed by atoms with E-state index in [1.54, 1.807) is 12.4 Å². The van der Waals surface area contributed by atoms with Gasteiger partial charge in [0.2, 0.25) is 0 Å². The Morgan fingerprint density at radius 1 is 1.35 bits per heavy atom. The van der Waals surface area contributed by atoms with Crippen LogP contribution in [0.15, 0.2) is 35.4 Å². The van der Waals surface area contributed by atoms with Gasteiger partial charge in [0.1, 0.15) is 0 Å². The van der Waals surface area contributed by atoms with Crippen molar-refractivity contribution in [2.75, 3.05) is 5.32 Å². The molecule has 88 valence electrons. The molecule has 0 aliphatic carbocycles. The first kappa shape index (κ1) is 11.4. The Kier molecular flexibility index (Phi) is 3.23. The minimum atomic E-state index is -0.00900. The van der Waals surface area contributed by atoms with Gasteiger partial charge in [-0.15, -0.1) is 0 Å². The Balaban J connectivity index is 2.36. The molecule has 4 nitrogen and oxygen atoms in total. The number of pyridine rings is 2. The van der Waals surface area contributed by atoms with Gasteiger partial charge in [-0.3, -0.25) is 9.78 Å². The van der Waals surface area contributed by atoms with Gasteiger partial charge in [-0.25, -0.2) is 0 Å². The van der Waals surface area contributed by atoms with E-state index in [0.29, 0.717) is 0 Å². The lowest BCUT2D eigenvalue weighted by atomic mass is 10.2. The number of aromatic amines is 1. The molecule has 17 heavy (non-hydrogen) atoms. The van der Waals surface area contributed by atoms with Gasteiger partial charge in [0.15, 0.2) is 0 Å². The first-order valence-corrected chi connectivity index (χ1v) is 5.60. The van der Waals surface area contributed by atoms with Crippen molar-refractivity contribution in [1.29, 1.82) is 0 Å². The van der Waals surface area contributed by atoms with Gasteiger partial charge in [0, 0.05) is 29.3 Å². The molecule has 0 atom stereocenters. The Morgan fingerprint density at radius 2 is 2.06 bits per heavy atom. The summed E-state index contributed by atoms with van der Waals surface area (Å²) in [5, 5.41) is 3.26. The van der Waals surface area contributed by atoms with E-state index in [9.17, 15) is 4.79 Å². The summed E-state index contributed by atoms with van der Waals surface area (Å²) in [7, 11) is 0. The molecular formula is C13H15N3O. The Hall–Kier alpha value is -2.10. The number of aryl methyl sites for hydroxylation is 2. The Morgan fingerprint density at radius 3 is 2.71 bits per heavy atom. The maximum atomic E-state index is 11.6. The largest absolute Gasteiger partial charge is 0.354 e. The summed E-state index contributed by atoms with van der Waals surface area (Å²) < 4.78 is 0. The third-order valence-corrected chi connectivity index (χ3v) is 2.66. The molecule has 0 bridgehead atoms. The molecule has 0 radical (unpaired) electrons. The SMILES string of the molecule is CCc1cc(Nc2ccncc2)c(C)[nH]c1=O. The fourth-order valence-electron chi connectivity index (χ4n) is 1.65. The van der Waals surface area contributed by atoms with Crippen molar-refractivity contribution in [2.24, 2.45) is 0 Å². The first-order chi connectivity index (χ1) is 8.20. The van der Waals surface area contributed by atoms with Crippen molar-refractivity contribution >= 4 is 11.4 Å². The zero-order chi connectivity index (χ0) is 12.3. The molecule has 0 saturated heterocycles. The molecule has 0 aliphatic rings. The summed E-state index contributed by atoms with van der Waals surface area (Å²) in [5.41, 5.74) is 3.49. The Labute approximate surface area is 99.7 Å². The average molecular weight is 229 g/mol. The number of anilines is 2.